The summed E-state index contributed by atoms with van der Waals surface area (Å²) in [5, 5.41) is 3.06. The molecule has 0 saturated carbocycles. The number of amides is 1. The van der Waals surface area contributed by atoms with Gasteiger partial charge in [-0.15, -0.1) is 0 Å². The van der Waals surface area contributed by atoms with E-state index in [2.05, 4.69) is 22.4 Å². The molecule has 2 rings (SSSR count). The third-order valence-electron chi connectivity index (χ3n) is 3.30. The molecule has 0 spiro atoms. The molecule has 0 unspecified atom stereocenters. The number of aryl methyl sites for hydroxylation is 1. The maximum atomic E-state index is 12.3. The summed E-state index contributed by atoms with van der Waals surface area (Å²) in [6.07, 6.45) is 0.769. The van der Waals surface area contributed by atoms with Crippen LogP contribution in [0.25, 0.3) is 0 Å². The van der Waals surface area contributed by atoms with Gasteiger partial charge in [0.2, 0.25) is 0 Å². The van der Waals surface area contributed by atoms with E-state index in [-0.39, 0.29) is 32.3 Å². The van der Waals surface area contributed by atoms with Gasteiger partial charge in [0, 0.05) is 0 Å². The molecule has 1 aromatic heterocycles. The molecular formula is C18H24HgN3O. The molecule has 0 aliphatic rings. The summed E-state index contributed by atoms with van der Waals surface area (Å²) in [6, 6.07) is 12.2. The van der Waals surface area contributed by atoms with E-state index in [1.165, 1.54) is 5.56 Å². The number of carbonyl (C=O) groups excluding carboxylic acids is 1. The number of hydrogen-bond acceptors (Lipinski definition) is 3. The molecule has 23 heavy (non-hydrogen) atoms. The molecule has 5 heteroatoms. The number of hydrogen-bond donors (Lipinski definition) is 1. The standard InChI is InChI=1S/C16H19N3O.C2H6.Hg/c1-11-9-13(10-12-7-5-4-6-8-12)19-15(17-2)14(11)16(20)18-3;1-2;/h4-9H,10H2,1-3H3,(H2,17,18,19,20);1-2H3;/q;;+1/p-1. The first-order chi connectivity index (χ1) is 11.0. The Morgan fingerprint density at radius 3 is 2.39 bits per heavy atom. The fourth-order valence-corrected chi connectivity index (χ4v) is 2.89. The van der Waals surface area contributed by atoms with Gasteiger partial charge in [0.1, 0.15) is 0 Å². The summed E-state index contributed by atoms with van der Waals surface area (Å²) in [6.45, 7) is 5.97. The first-order valence-electron chi connectivity index (χ1n) is 7.83. The van der Waals surface area contributed by atoms with Crippen molar-refractivity contribution in [1.29, 1.82) is 0 Å². The minimum atomic E-state index is 0.0546. The number of anilines is 1. The maximum absolute atomic E-state index is 12.3. The zero-order valence-corrected chi connectivity index (χ0v) is 20.2. The van der Waals surface area contributed by atoms with Crippen LogP contribution in [0.1, 0.15) is 41.0 Å². The molecule has 0 bridgehead atoms. The second-order valence-corrected chi connectivity index (χ2v) is 8.76. The monoisotopic (exact) mass is 500 g/mol. The molecule has 1 heterocycles. The molecule has 119 valence electrons. The van der Waals surface area contributed by atoms with Crippen molar-refractivity contribution in [2.24, 2.45) is 0 Å². The summed E-state index contributed by atoms with van der Waals surface area (Å²) < 4.78 is 1.77. The number of nitrogens with zero attached hydrogens (tertiary/aromatic N) is 2. The molecule has 1 aromatic carbocycles. The van der Waals surface area contributed by atoms with E-state index in [9.17, 15) is 4.79 Å². The van der Waals surface area contributed by atoms with Crippen LogP contribution in [-0.2, 0) is 32.8 Å². The van der Waals surface area contributed by atoms with Gasteiger partial charge in [-0.25, -0.2) is 0 Å². The number of pyridine rings is 1. The summed E-state index contributed by atoms with van der Waals surface area (Å²) in [4.78, 5) is 16.9. The predicted molar refractivity (Wildman–Crippen MR) is 91.2 cm³/mol. The van der Waals surface area contributed by atoms with Crippen molar-refractivity contribution in [3.8, 4) is 0 Å². The van der Waals surface area contributed by atoms with E-state index >= 15 is 0 Å². The molecule has 0 aliphatic carbocycles. The van der Waals surface area contributed by atoms with Gasteiger partial charge < -0.3 is 0 Å². The average molecular weight is 499 g/mol. The Hall–Kier alpha value is -1.42. The van der Waals surface area contributed by atoms with E-state index in [1.807, 2.05) is 59.1 Å². The number of nitrogens with one attached hydrogen (secondary N) is 1. The van der Waals surface area contributed by atoms with Crippen LogP contribution in [0.5, 0.6) is 0 Å². The van der Waals surface area contributed by atoms with Crippen LogP contribution in [-0.4, -0.2) is 27.7 Å². The average Bonchev–Trinajstić information content (AvgIpc) is 2.56. The molecule has 1 amide bonds. The Labute approximate surface area is 155 Å². The number of aromatic nitrogens is 1. The minimum absolute atomic E-state index is 0.0546. The van der Waals surface area contributed by atoms with Crippen LogP contribution < -0.4 is 5.32 Å². The van der Waals surface area contributed by atoms with Crippen molar-refractivity contribution in [3.05, 3.63) is 58.8 Å². The van der Waals surface area contributed by atoms with Crippen molar-refractivity contribution >= 4 is 11.7 Å². The van der Waals surface area contributed by atoms with E-state index in [0.717, 1.165) is 17.7 Å². The molecular weight excluding hydrogens is 475 g/mol. The topological polar surface area (TPSA) is 45.2 Å². The molecule has 1 N–H and O–H groups in total. The van der Waals surface area contributed by atoms with E-state index in [0.29, 0.717) is 11.4 Å². The van der Waals surface area contributed by atoms with Crippen molar-refractivity contribution in [2.75, 3.05) is 19.4 Å². The predicted octanol–water partition coefficient (Wildman–Crippen LogP) is 3.58. The molecule has 4 nitrogen and oxygen atoms in total. The molecule has 0 saturated heterocycles. The van der Waals surface area contributed by atoms with Gasteiger partial charge in [0.05, 0.1) is 0 Å². The Morgan fingerprint density at radius 2 is 1.87 bits per heavy atom. The summed E-state index contributed by atoms with van der Waals surface area (Å²) >= 11 is 0.271. The molecule has 0 atom stereocenters. The van der Waals surface area contributed by atoms with Crippen LogP contribution in [0.15, 0.2) is 36.4 Å². The third kappa shape index (κ3) is 5.31. The van der Waals surface area contributed by atoms with Gasteiger partial charge >= 0.3 is 142 Å². The normalized spacial score (nSPS) is 9.70. The first kappa shape index (κ1) is 19.6. The zero-order valence-electron chi connectivity index (χ0n) is 14.7. The second-order valence-electron chi connectivity index (χ2n) is 5.07. The van der Waals surface area contributed by atoms with Crippen molar-refractivity contribution in [2.45, 2.75) is 27.2 Å². The molecule has 0 aliphatic heterocycles. The summed E-state index contributed by atoms with van der Waals surface area (Å²) in [5.41, 5.74) is 3.85. The molecule has 0 radical (unpaired) electrons. The number of benzene rings is 1. The zero-order chi connectivity index (χ0) is 17.4. The first-order valence-corrected chi connectivity index (χ1v) is 10.3. The van der Waals surface area contributed by atoms with E-state index in [1.54, 1.807) is 2.66 Å². The third-order valence-corrected chi connectivity index (χ3v) is 4.41. The van der Waals surface area contributed by atoms with Gasteiger partial charge in [-0.1, -0.05) is 13.8 Å². The van der Waals surface area contributed by atoms with Gasteiger partial charge in [-0.3, -0.25) is 0 Å². The molecule has 2 aromatic rings. The Bertz CT molecular complexity index is 642. The van der Waals surface area contributed by atoms with Gasteiger partial charge in [0.25, 0.3) is 0 Å². The Kier molecular flexibility index (Phi) is 8.24. The van der Waals surface area contributed by atoms with Crippen LogP contribution in [0, 0.1) is 6.92 Å². The summed E-state index contributed by atoms with van der Waals surface area (Å²) in [5.74, 6) is 0.724. The van der Waals surface area contributed by atoms with Crippen molar-refractivity contribution in [1.82, 2.24) is 7.65 Å². The van der Waals surface area contributed by atoms with Crippen LogP contribution in [0.2, 0.25) is 0 Å². The van der Waals surface area contributed by atoms with Crippen LogP contribution >= 0.6 is 0 Å². The van der Waals surface area contributed by atoms with Crippen LogP contribution in [0.3, 0.4) is 0 Å². The SMILES string of the molecule is CC.CNc1nc(Cc2ccccc2)cc(C)c1C(=O)[N](C)[Hg]. The van der Waals surface area contributed by atoms with Gasteiger partial charge in [-0.05, 0) is 0 Å². The molecule has 0 fully saturated rings. The van der Waals surface area contributed by atoms with E-state index in [4.69, 9.17) is 0 Å². The number of rotatable bonds is 4. The number of carbonyl (C=O) groups is 1. The van der Waals surface area contributed by atoms with Gasteiger partial charge in [0.15, 0.2) is 0 Å². The Morgan fingerprint density at radius 1 is 1.26 bits per heavy atom. The fraction of sp³-hybridized carbons (Fsp3) is 0.333. The van der Waals surface area contributed by atoms with Crippen LogP contribution in [0.4, 0.5) is 5.82 Å². The Balaban J connectivity index is 0.00000127. The van der Waals surface area contributed by atoms with Gasteiger partial charge in [-0.2, -0.15) is 0 Å². The van der Waals surface area contributed by atoms with E-state index < -0.39 is 0 Å². The summed E-state index contributed by atoms with van der Waals surface area (Å²) in [7, 11) is 3.64. The second kappa shape index (κ2) is 9.66. The van der Waals surface area contributed by atoms with Crippen molar-refractivity contribution < 1.29 is 31.2 Å². The fourth-order valence-electron chi connectivity index (χ4n) is 2.28. The quantitative estimate of drug-likeness (QED) is 0.655. The van der Waals surface area contributed by atoms with Crippen molar-refractivity contribution in [3.63, 3.8) is 0 Å².